The van der Waals surface area contributed by atoms with Crippen LogP contribution in [0.15, 0.2) is 4.99 Å². The SMILES string of the molecule is CCNC(=NC)NCc1nc(C)c(C)s1.I. The summed E-state index contributed by atoms with van der Waals surface area (Å²) in [5.41, 5.74) is 1.12. The molecule has 0 atom stereocenters. The number of halogens is 1. The highest BCUT2D eigenvalue weighted by molar-refractivity contribution is 14.0. The molecule has 0 spiro atoms. The van der Waals surface area contributed by atoms with Gasteiger partial charge in [0.1, 0.15) is 5.01 Å². The topological polar surface area (TPSA) is 49.3 Å². The van der Waals surface area contributed by atoms with Crippen molar-refractivity contribution in [1.29, 1.82) is 0 Å². The van der Waals surface area contributed by atoms with Gasteiger partial charge in [-0.1, -0.05) is 0 Å². The molecule has 2 N–H and O–H groups in total. The third kappa shape index (κ3) is 4.65. The Morgan fingerprint density at radius 3 is 2.50 bits per heavy atom. The Bertz CT molecular complexity index is 329. The second-order valence-electron chi connectivity index (χ2n) is 3.21. The molecular weight excluding hydrogens is 335 g/mol. The van der Waals surface area contributed by atoms with E-state index in [0.717, 1.165) is 29.8 Å². The predicted molar refractivity (Wildman–Crippen MR) is 80.9 cm³/mol. The maximum absolute atomic E-state index is 4.45. The summed E-state index contributed by atoms with van der Waals surface area (Å²) in [6.07, 6.45) is 0. The number of hydrogen-bond acceptors (Lipinski definition) is 3. The van der Waals surface area contributed by atoms with E-state index >= 15 is 0 Å². The van der Waals surface area contributed by atoms with Crippen LogP contribution in [0.25, 0.3) is 0 Å². The zero-order valence-corrected chi connectivity index (χ0v) is 13.3. The largest absolute Gasteiger partial charge is 0.357 e. The predicted octanol–water partition coefficient (Wildman–Crippen LogP) is 2.06. The Kier molecular flexibility index (Phi) is 7.65. The highest BCUT2D eigenvalue weighted by atomic mass is 127. The van der Waals surface area contributed by atoms with Crippen molar-refractivity contribution in [2.75, 3.05) is 13.6 Å². The number of nitrogens with one attached hydrogen (secondary N) is 2. The lowest BCUT2D eigenvalue weighted by atomic mass is 10.4. The standard InChI is InChI=1S/C10H18N4S.HI/c1-5-12-10(11-4)13-6-9-14-7(2)8(3)15-9;/h5-6H2,1-4H3,(H2,11,12,13);1H. The van der Waals surface area contributed by atoms with Crippen molar-refractivity contribution < 1.29 is 0 Å². The van der Waals surface area contributed by atoms with Gasteiger partial charge in [0.2, 0.25) is 0 Å². The maximum atomic E-state index is 4.45. The van der Waals surface area contributed by atoms with Crippen molar-refractivity contribution in [2.45, 2.75) is 27.3 Å². The zero-order chi connectivity index (χ0) is 11.3. The van der Waals surface area contributed by atoms with Gasteiger partial charge < -0.3 is 10.6 Å². The first-order valence-electron chi connectivity index (χ1n) is 5.04. The number of thiazole rings is 1. The van der Waals surface area contributed by atoms with E-state index in [1.807, 2.05) is 13.8 Å². The highest BCUT2D eigenvalue weighted by Gasteiger charge is 2.03. The fourth-order valence-electron chi connectivity index (χ4n) is 1.16. The zero-order valence-electron chi connectivity index (χ0n) is 10.1. The van der Waals surface area contributed by atoms with E-state index in [0.29, 0.717) is 0 Å². The van der Waals surface area contributed by atoms with Gasteiger partial charge in [-0.15, -0.1) is 35.3 Å². The second-order valence-corrected chi connectivity index (χ2v) is 4.49. The van der Waals surface area contributed by atoms with Gasteiger partial charge in [-0.3, -0.25) is 4.99 Å². The van der Waals surface area contributed by atoms with Crippen LogP contribution in [-0.2, 0) is 6.54 Å². The average Bonchev–Trinajstić information content (AvgIpc) is 2.53. The lowest BCUT2D eigenvalue weighted by Gasteiger charge is -2.08. The van der Waals surface area contributed by atoms with Gasteiger partial charge in [0.25, 0.3) is 0 Å². The number of aromatic nitrogens is 1. The van der Waals surface area contributed by atoms with Crippen LogP contribution in [0.5, 0.6) is 0 Å². The number of rotatable bonds is 3. The molecule has 1 heterocycles. The number of aryl methyl sites for hydroxylation is 2. The third-order valence-electron chi connectivity index (χ3n) is 2.05. The molecule has 0 saturated carbocycles. The van der Waals surface area contributed by atoms with Crippen molar-refractivity contribution in [1.82, 2.24) is 15.6 Å². The Balaban J connectivity index is 0.00000225. The second kappa shape index (κ2) is 7.83. The summed E-state index contributed by atoms with van der Waals surface area (Å²) in [4.78, 5) is 9.83. The fourth-order valence-corrected chi connectivity index (χ4v) is 2.04. The molecule has 1 aromatic heterocycles. The van der Waals surface area contributed by atoms with Crippen molar-refractivity contribution in [3.63, 3.8) is 0 Å². The molecule has 0 aliphatic carbocycles. The molecule has 0 aliphatic heterocycles. The van der Waals surface area contributed by atoms with Crippen LogP contribution in [0, 0.1) is 13.8 Å². The number of aliphatic imine (C=N–C) groups is 1. The molecule has 16 heavy (non-hydrogen) atoms. The van der Waals surface area contributed by atoms with Crippen LogP contribution in [0.3, 0.4) is 0 Å². The third-order valence-corrected chi connectivity index (χ3v) is 3.12. The molecule has 0 bridgehead atoms. The van der Waals surface area contributed by atoms with Crippen molar-refractivity contribution in [2.24, 2.45) is 4.99 Å². The normalized spacial score (nSPS) is 10.9. The quantitative estimate of drug-likeness (QED) is 0.496. The minimum Gasteiger partial charge on any atom is -0.357 e. The molecule has 1 aromatic rings. The van der Waals surface area contributed by atoms with Crippen LogP contribution in [0.2, 0.25) is 0 Å². The molecule has 92 valence electrons. The molecule has 0 amide bonds. The van der Waals surface area contributed by atoms with E-state index < -0.39 is 0 Å². The van der Waals surface area contributed by atoms with Crippen molar-refractivity contribution in [3.8, 4) is 0 Å². The molecule has 6 heteroatoms. The highest BCUT2D eigenvalue weighted by Crippen LogP contribution is 2.15. The van der Waals surface area contributed by atoms with E-state index in [2.05, 4.69) is 27.5 Å². The molecule has 0 fully saturated rings. The number of hydrogen-bond donors (Lipinski definition) is 2. The molecule has 0 aliphatic rings. The Labute approximate surface area is 118 Å². The van der Waals surface area contributed by atoms with Gasteiger partial charge >= 0.3 is 0 Å². The summed E-state index contributed by atoms with van der Waals surface area (Å²) in [6, 6.07) is 0. The molecule has 0 unspecified atom stereocenters. The van der Waals surface area contributed by atoms with Gasteiger partial charge in [0.05, 0.1) is 12.2 Å². The van der Waals surface area contributed by atoms with Gasteiger partial charge in [-0.2, -0.15) is 0 Å². The number of nitrogens with zero attached hydrogens (tertiary/aromatic N) is 2. The summed E-state index contributed by atoms with van der Waals surface area (Å²) in [5.74, 6) is 0.822. The minimum atomic E-state index is 0. The average molecular weight is 354 g/mol. The summed E-state index contributed by atoms with van der Waals surface area (Å²) < 4.78 is 0. The minimum absolute atomic E-state index is 0. The molecule has 0 radical (unpaired) electrons. The Morgan fingerprint density at radius 2 is 2.06 bits per heavy atom. The van der Waals surface area contributed by atoms with Crippen LogP contribution < -0.4 is 10.6 Å². The monoisotopic (exact) mass is 354 g/mol. The molecule has 0 aromatic carbocycles. The van der Waals surface area contributed by atoms with Crippen LogP contribution in [0.4, 0.5) is 0 Å². The van der Waals surface area contributed by atoms with E-state index in [1.54, 1.807) is 18.4 Å². The summed E-state index contributed by atoms with van der Waals surface area (Å²) >= 11 is 1.73. The van der Waals surface area contributed by atoms with Crippen LogP contribution in [-0.4, -0.2) is 24.5 Å². The van der Waals surface area contributed by atoms with E-state index in [9.17, 15) is 0 Å². The van der Waals surface area contributed by atoms with Gasteiger partial charge in [-0.05, 0) is 20.8 Å². The lowest BCUT2D eigenvalue weighted by Crippen LogP contribution is -2.36. The first-order valence-corrected chi connectivity index (χ1v) is 5.86. The van der Waals surface area contributed by atoms with Crippen LogP contribution >= 0.6 is 35.3 Å². The Hall–Kier alpha value is -0.370. The lowest BCUT2D eigenvalue weighted by molar-refractivity contribution is 0.822. The Morgan fingerprint density at radius 1 is 1.38 bits per heavy atom. The smallest absolute Gasteiger partial charge is 0.191 e. The van der Waals surface area contributed by atoms with E-state index in [-0.39, 0.29) is 24.0 Å². The number of guanidine groups is 1. The summed E-state index contributed by atoms with van der Waals surface area (Å²) in [6.45, 7) is 7.78. The van der Waals surface area contributed by atoms with E-state index in [4.69, 9.17) is 0 Å². The van der Waals surface area contributed by atoms with Gasteiger partial charge in [0, 0.05) is 18.5 Å². The first-order chi connectivity index (χ1) is 7.17. The summed E-state index contributed by atoms with van der Waals surface area (Å²) in [5, 5.41) is 7.45. The molecule has 0 saturated heterocycles. The van der Waals surface area contributed by atoms with Crippen molar-refractivity contribution >= 4 is 41.3 Å². The van der Waals surface area contributed by atoms with Gasteiger partial charge in [-0.25, -0.2) is 4.98 Å². The first kappa shape index (κ1) is 15.6. The van der Waals surface area contributed by atoms with Crippen LogP contribution in [0.1, 0.15) is 22.5 Å². The summed E-state index contributed by atoms with van der Waals surface area (Å²) in [7, 11) is 1.77. The molecule has 1 rings (SSSR count). The van der Waals surface area contributed by atoms with Gasteiger partial charge in [0.15, 0.2) is 5.96 Å². The molecule has 4 nitrogen and oxygen atoms in total. The fraction of sp³-hybridized carbons (Fsp3) is 0.600. The molecular formula is C10H19IN4S. The van der Waals surface area contributed by atoms with Crippen molar-refractivity contribution in [3.05, 3.63) is 15.6 Å². The van der Waals surface area contributed by atoms with E-state index in [1.165, 1.54) is 4.88 Å². The maximum Gasteiger partial charge on any atom is 0.191 e.